The fourth-order valence-electron chi connectivity index (χ4n) is 4.56. The molecule has 0 spiro atoms. The molecule has 0 radical (unpaired) electrons. The molecule has 2 aromatic heterocycles. The molecule has 182 valence electrons. The molecular weight excluding hydrogens is 474 g/mol. The fourth-order valence-corrected chi connectivity index (χ4v) is 4.56. The van der Waals surface area contributed by atoms with Crippen LogP contribution in [-0.4, -0.2) is 25.1 Å². The molecule has 7 nitrogen and oxygen atoms in total. The molecule has 0 aliphatic rings. The van der Waals surface area contributed by atoms with Crippen LogP contribution in [0.3, 0.4) is 0 Å². The minimum absolute atomic E-state index is 0.162. The van der Waals surface area contributed by atoms with Gasteiger partial charge in [-0.1, -0.05) is 121 Å². The third-order valence-corrected chi connectivity index (χ3v) is 6.30. The number of nitrogens with zero attached hydrogens (tertiary/aromatic N) is 5. The van der Waals surface area contributed by atoms with Gasteiger partial charge in [-0.3, -0.25) is 0 Å². The quantitative estimate of drug-likeness (QED) is 0.243. The average molecular weight is 496 g/mol. The van der Waals surface area contributed by atoms with Crippen molar-refractivity contribution in [3.05, 3.63) is 126 Å². The van der Waals surface area contributed by atoms with E-state index in [-0.39, 0.29) is 17.2 Å². The second-order valence-corrected chi connectivity index (χ2v) is 8.61. The molecule has 0 bridgehead atoms. The maximum Gasteiger partial charge on any atom is 0.246 e. The Kier molecular flexibility index (Phi) is 6.00. The van der Waals surface area contributed by atoms with Gasteiger partial charge in [0.2, 0.25) is 5.88 Å². The van der Waals surface area contributed by atoms with Gasteiger partial charge in [-0.2, -0.15) is 9.78 Å². The Morgan fingerprint density at radius 1 is 0.553 bits per heavy atom. The molecule has 0 unspecified atom stereocenters. The van der Waals surface area contributed by atoms with Crippen LogP contribution < -0.4 is 0 Å². The molecule has 0 saturated heterocycles. The summed E-state index contributed by atoms with van der Waals surface area (Å²) in [4.78, 5) is 11.8. The average Bonchev–Trinajstić information content (AvgIpc) is 3.34. The first-order valence-corrected chi connectivity index (χ1v) is 12.0. The molecule has 1 N–H and O–H groups in total. The fraction of sp³-hybridized carbons (Fsp3) is 0. The monoisotopic (exact) mass is 495 g/mol. The van der Waals surface area contributed by atoms with Gasteiger partial charge in [0.25, 0.3) is 0 Å². The zero-order valence-electron chi connectivity index (χ0n) is 20.1. The van der Waals surface area contributed by atoms with Crippen LogP contribution in [0.4, 0.5) is 5.69 Å². The molecule has 0 amide bonds. The Bertz CT molecular complexity index is 1720. The van der Waals surface area contributed by atoms with Crippen LogP contribution in [0.15, 0.2) is 127 Å². The number of benzene rings is 4. The molecular formula is C31H21N5O2. The van der Waals surface area contributed by atoms with Crippen molar-refractivity contribution in [2.75, 3.05) is 0 Å². The second kappa shape index (κ2) is 9.91. The lowest BCUT2D eigenvalue weighted by atomic mass is 9.91. The van der Waals surface area contributed by atoms with Crippen LogP contribution in [0.25, 0.3) is 50.6 Å². The first-order valence-electron chi connectivity index (χ1n) is 12.0. The molecule has 0 aliphatic carbocycles. The van der Waals surface area contributed by atoms with Gasteiger partial charge in [-0.05, 0) is 16.3 Å². The van der Waals surface area contributed by atoms with Gasteiger partial charge in [0.1, 0.15) is 11.4 Å². The van der Waals surface area contributed by atoms with Gasteiger partial charge in [0.15, 0.2) is 11.5 Å². The maximum atomic E-state index is 11.8. The highest BCUT2D eigenvalue weighted by atomic mass is 16.3. The van der Waals surface area contributed by atoms with E-state index in [9.17, 15) is 10.0 Å². The van der Waals surface area contributed by atoms with E-state index in [0.717, 1.165) is 22.3 Å². The van der Waals surface area contributed by atoms with E-state index in [0.29, 0.717) is 16.8 Å². The lowest BCUT2D eigenvalue weighted by Crippen LogP contribution is -2.07. The summed E-state index contributed by atoms with van der Waals surface area (Å²) in [5, 5.41) is 28.1. The van der Waals surface area contributed by atoms with Gasteiger partial charge in [0.05, 0.1) is 0 Å². The zero-order chi connectivity index (χ0) is 25.9. The number of hydrogen-bond donors (Lipinski definition) is 1. The van der Waals surface area contributed by atoms with Crippen LogP contribution >= 0.6 is 0 Å². The Balaban J connectivity index is 1.71. The van der Waals surface area contributed by atoms with E-state index >= 15 is 0 Å². The van der Waals surface area contributed by atoms with E-state index in [1.807, 2.05) is 109 Å². The number of rotatable bonds is 6. The summed E-state index contributed by atoms with van der Waals surface area (Å²) in [7, 11) is 0. The summed E-state index contributed by atoms with van der Waals surface area (Å²) >= 11 is 0. The van der Waals surface area contributed by atoms with Crippen LogP contribution in [-0.2, 0) is 0 Å². The minimum Gasteiger partial charge on any atom is -0.492 e. The van der Waals surface area contributed by atoms with Crippen molar-refractivity contribution in [1.29, 1.82) is 0 Å². The Morgan fingerprint density at radius 2 is 1.00 bits per heavy atom. The molecule has 0 atom stereocenters. The summed E-state index contributed by atoms with van der Waals surface area (Å²) in [5.41, 5.74) is 5.63. The maximum absolute atomic E-state index is 11.8. The Labute approximate surface area is 218 Å². The van der Waals surface area contributed by atoms with Crippen molar-refractivity contribution >= 4 is 5.69 Å². The van der Waals surface area contributed by atoms with E-state index < -0.39 is 5.88 Å². The van der Waals surface area contributed by atoms with Crippen molar-refractivity contribution in [1.82, 2.24) is 20.0 Å². The van der Waals surface area contributed by atoms with Gasteiger partial charge < -0.3 is 5.11 Å². The van der Waals surface area contributed by atoms with Crippen LogP contribution in [0.2, 0.25) is 0 Å². The number of aromatic nitrogens is 4. The predicted molar refractivity (Wildman–Crippen MR) is 148 cm³/mol. The summed E-state index contributed by atoms with van der Waals surface area (Å²) in [6.07, 6.45) is 0. The molecule has 4 aromatic carbocycles. The minimum atomic E-state index is -0.406. The van der Waals surface area contributed by atoms with E-state index in [1.165, 1.54) is 4.68 Å². The van der Waals surface area contributed by atoms with Crippen molar-refractivity contribution in [3.8, 4) is 56.5 Å². The topological polar surface area (TPSA) is 93.3 Å². The molecule has 7 heteroatoms. The van der Waals surface area contributed by atoms with Crippen molar-refractivity contribution in [2.24, 2.45) is 5.18 Å². The smallest absolute Gasteiger partial charge is 0.246 e. The SMILES string of the molecule is O=Nc1c(-c2ccccc2)nn(-c2nnc(-c3ccccc3)c(-c3ccccc3)c2-c2ccccc2)c1O. The molecule has 0 fully saturated rings. The highest BCUT2D eigenvalue weighted by Gasteiger charge is 2.27. The summed E-state index contributed by atoms with van der Waals surface area (Å²) in [5.74, 6) is -0.129. The summed E-state index contributed by atoms with van der Waals surface area (Å²) < 4.78 is 1.25. The van der Waals surface area contributed by atoms with Crippen LogP contribution in [0.5, 0.6) is 5.88 Å². The third-order valence-electron chi connectivity index (χ3n) is 6.30. The standard InChI is InChI=1S/C31H21N5O2/c37-31-29(35-38)28(24-19-11-4-12-20-24)34-36(31)30-26(22-15-7-2-8-16-22)25(21-13-5-1-6-14-21)27(32-33-30)23-17-9-3-10-18-23/h1-20,37H. The normalized spacial score (nSPS) is 10.8. The molecule has 6 rings (SSSR count). The van der Waals surface area contributed by atoms with Gasteiger partial charge in [0, 0.05) is 22.3 Å². The number of nitroso groups, excluding NO2 is 1. The first-order chi connectivity index (χ1) is 18.8. The number of hydrogen-bond acceptors (Lipinski definition) is 6. The third kappa shape index (κ3) is 4.02. The van der Waals surface area contributed by atoms with Crippen LogP contribution in [0.1, 0.15) is 0 Å². The Morgan fingerprint density at radius 3 is 1.50 bits per heavy atom. The van der Waals surface area contributed by atoms with Crippen molar-refractivity contribution < 1.29 is 5.11 Å². The number of aromatic hydroxyl groups is 1. The van der Waals surface area contributed by atoms with Gasteiger partial charge in [-0.25, -0.2) is 0 Å². The van der Waals surface area contributed by atoms with E-state index in [4.69, 9.17) is 0 Å². The predicted octanol–water partition coefficient (Wildman–Crippen LogP) is 7.43. The van der Waals surface area contributed by atoms with Gasteiger partial charge >= 0.3 is 0 Å². The molecule has 2 heterocycles. The van der Waals surface area contributed by atoms with Gasteiger partial charge in [-0.15, -0.1) is 15.1 Å². The second-order valence-electron chi connectivity index (χ2n) is 8.61. The zero-order valence-corrected chi connectivity index (χ0v) is 20.1. The van der Waals surface area contributed by atoms with E-state index in [2.05, 4.69) is 20.5 Å². The van der Waals surface area contributed by atoms with Crippen LogP contribution in [0, 0.1) is 4.91 Å². The molecule has 38 heavy (non-hydrogen) atoms. The van der Waals surface area contributed by atoms with Crippen molar-refractivity contribution in [3.63, 3.8) is 0 Å². The summed E-state index contributed by atoms with van der Waals surface area (Å²) in [6.45, 7) is 0. The van der Waals surface area contributed by atoms with Crippen molar-refractivity contribution in [2.45, 2.75) is 0 Å². The highest BCUT2D eigenvalue weighted by Crippen LogP contribution is 2.44. The van der Waals surface area contributed by atoms with E-state index in [1.54, 1.807) is 12.1 Å². The lowest BCUT2D eigenvalue weighted by molar-refractivity contribution is 0.433. The molecule has 6 aromatic rings. The highest BCUT2D eigenvalue weighted by molar-refractivity contribution is 5.95. The summed E-state index contributed by atoms with van der Waals surface area (Å²) in [6, 6.07) is 38.6. The first kappa shape index (κ1) is 23.0. The lowest BCUT2D eigenvalue weighted by Gasteiger charge is -2.18. The largest absolute Gasteiger partial charge is 0.492 e. The molecule has 0 saturated carbocycles. The molecule has 0 aliphatic heterocycles. The Hall–Kier alpha value is -5.43.